The van der Waals surface area contributed by atoms with Crippen LogP contribution in [0.15, 0.2) is 59.8 Å². The minimum atomic E-state index is -0.110. The van der Waals surface area contributed by atoms with Gasteiger partial charge in [-0.25, -0.2) is 0 Å². The van der Waals surface area contributed by atoms with Gasteiger partial charge in [0.2, 0.25) is 0 Å². The van der Waals surface area contributed by atoms with Gasteiger partial charge in [0.05, 0.1) is 11.4 Å². The molecule has 0 saturated carbocycles. The Morgan fingerprint density at radius 2 is 1.79 bits per heavy atom. The molecule has 2 rings (SSSR count). The number of hydrogen-bond acceptors (Lipinski definition) is 4. The first-order valence-corrected chi connectivity index (χ1v) is 5.98. The highest BCUT2D eigenvalue weighted by Gasteiger charge is 2.12. The highest BCUT2D eigenvalue weighted by molar-refractivity contribution is 6.45. The number of rotatable bonds is 4. The normalized spacial score (nSPS) is 11.2. The first-order valence-electron chi connectivity index (χ1n) is 5.98. The fraction of sp³-hybridized carbons (Fsp3) is 0.133. The van der Waals surface area contributed by atoms with E-state index in [2.05, 4.69) is 10.1 Å². The maximum atomic E-state index is 11.7. The average Bonchev–Trinajstić information content (AvgIpc) is 2.46. The zero-order chi connectivity index (χ0) is 13.7. The highest BCUT2D eigenvalue weighted by atomic mass is 16.1. The molecule has 4 nitrogen and oxygen atoms in total. The standard InChI is InChI=1S/C15H15N3O/c1-12(19)15(14-10-6-7-11-16-14)17-18(2)13-8-4-3-5-9-13/h3-11H,1-2H3/b17-15-. The number of pyridine rings is 1. The molecule has 0 unspecified atom stereocenters. The maximum Gasteiger partial charge on any atom is 0.182 e. The molecule has 0 radical (unpaired) electrons. The van der Waals surface area contributed by atoms with E-state index < -0.39 is 0 Å². The summed E-state index contributed by atoms with van der Waals surface area (Å²) in [5, 5.41) is 6.03. The van der Waals surface area contributed by atoms with Crippen LogP contribution < -0.4 is 5.01 Å². The van der Waals surface area contributed by atoms with Crippen LogP contribution in [0.2, 0.25) is 0 Å². The second-order valence-electron chi connectivity index (χ2n) is 4.08. The van der Waals surface area contributed by atoms with Crippen molar-refractivity contribution >= 4 is 17.2 Å². The van der Waals surface area contributed by atoms with Crippen LogP contribution in [0.3, 0.4) is 0 Å². The van der Waals surface area contributed by atoms with E-state index in [0.717, 1.165) is 5.69 Å². The third-order valence-corrected chi connectivity index (χ3v) is 2.62. The van der Waals surface area contributed by atoms with Crippen LogP contribution in [0.4, 0.5) is 5.69 Å². The summed E-state index contributed by atoms with van der Waals surface area (Å²) in [6.07, 6.45) is 1.65. The molecule has 1 aromatic carbocycles. The van der Waals surface area contributed by atoms with E-state index in [-0.39, 0.29) is 5.78 Å². The second kappa shape index (κ2) is 5.91. The van der Waals surface area contributed by atoms with Crippen LogP contribution in [-0.2, 0) is 4.79 Å². The minimum Gasteiger partial charge on any atom is -0.293 e. The number of hydrogen-bond donors (Lipinski definition) is 0. The smallest absolute Gasteiger partial charge is 0.182 e. The zero-order valence-corrected chi connectivity index (χ0v) is 10.9. The molecule has 0 fully saturated rings. The SMILES string of the molecule is CC(=O)/C(=N/N(C)c1ccccc1)c1ccccn1. The molecule has 0 atom stereocenters. The van der Waals surface area contributed by atoms with Gasteiger partial charge in [0.25, 0.3) is 0 Å². The van der Waals surface area contributed by atoms with Gasteiger partial charge in [-0.2, -0.15) is 5.10 Å². The summed E-state index contributed by atoms with van der Waals surface area (Å²) in [5.41, 5.74) is 1.85. The molecule has 0 N–H and O–H groups in total. The van der Waals surface area contributed by atoms with Crippen LogP contribution in [0.5, 0.6) is 0 Å². The molecular weight excluding hydrogens is 238 g/mol. The van der Waals surface area contributed by atoms with Gasteiger partial charge in [0, 0.05) is 20.2 Å². The third kappa shape index (κ3) is 3.25. The number of anilines is 1. The molecule has 0 aliphatic carbocycles. The lowest BCUT2D eigenvalue weighted by atomic mass is 10.2. The van der Waals surface area contributed by atoms with Crippen molar-refractivity contribution in [3.8, 4) is 0 Å². The summed E-state index contributed by atoms with van der Waals surface area (Å²) in [7, 11) is 1.81. The average molecular weight is 253 g/mol. The first-order chi connectivity index (χ1) is 9.18. The summed E-state index contributed by atoms with van der Waals surface area (Å²) in [4.78, 5) is 15.9. The second-order valence-corrected chi connectivity index (χ2v) is 4.08. The van der Waals surface area contributed by atoms with Crippen LogP contribution in [-0.4, -0.2) is 23.5 Å². The summed E-state index contributed by atoms with van der Waals surface area (Å²) < 4.78 is 0. The molecular formula is C15H15N3O. The van der Waals surface area contributed by atoms with Gasteiger partial charge in [-0.1, -0.05) is 24.3 Å². The number of benzene rings is 1. The van der Waals surface area contributed by atoms with Crippen molar-refractivity contribution in [2.24, 2.45) is 5.10 Å². The molecule has 0 amide bonds. The predicted octanol–water partition coefficient (Wildman–Crippen LogP) is 2.51. The van der Waals surface area contributed by atoms with Gasteiger partial charge >= 0.3 is 0 Å². The van der Waals surface area contributed by atoms with Gasteiger partial charge in [0.1, 0.15) is 0 Å². The van der Waals surface area contributed by atoms with Crippen molar-refractivity contribution in [1.29, 1.82) is 0 Å². The highest BCUT2D eigenvalue weighted by Crippen LogP contribution is 2.12. The Bertz CT molecular complexity index is 579. The molecule has 96 valence electrons. The molecule has 1 heterocycles. The molecule has 2 aromatic rings. The lowest BCUT2D eigenvalue weighted by Gasteiger charge is -2.14. The van der Waals surface area contributed by atoms with Crippen molar-refractivity contribution in [1.82, 2.24) is 4.98 Å². The lowest BCUT2D eigenvalue weighted by molar-refractivity contribution is -0.111. The molecule has 0 saturated heterocycles. The summed E-state index contributed by atoms with van der Waals surface area (Å²) in [6, 6.07) is 15.1. The van der Waals surface area contributed by atoms with Gasteiger partial charge in [0.15, 0.2) is 11.5 Å². The number of nitrogens with zero attached hydrogens (tertiary/aromatic N) is 3. The van der Waals surface area contributed by atoms with E-state index in [0.29, 0.717) is 11.4 Å². The van der Waals surface area contributed by atoms with Crippen LogP contribution in [0.25, 0.3) is 0 Å². The molecule has 0 aliphatic heterocycles. The number of carbonyl (C=O) groups is 1. The Kier molecular flexibility index (Phi) is 4.03. The maximum absolute atomic E-state index is 11.7. The quantitative estimate of drug-likeness (QED) is 0.621. The largest absolute Gasteiger partial charge is 0.293 e. The van der Waals surface area contributed by atoms with Crippen molar-refractivity contribution in [3.05, 3.63) is 60.4 Å². The summed E-state index contributed by atoms with van der Waals surface area (Å²) >= 11 is 0. The summed E-state index contributed by atoms with van der Waals surface area (Å²) in [6.45, 7) is 1.49. The molecule has 0 spiro atoms. The van der Waals surface area contributed by atoms with Gasteiger partial charge < -0.3 is 0 Å². The molecule has 0 aliphatic rings. The van der Waals surface area contributed by atoms with Crippen molar-refractivity contribution in [2.45, 2.75) is 6.92 Å². The fourth-order valence-electron chi connectivity index (χ4n) is 1.66. The van der Waals surface area contributed by atoms with E-state index in [9.17, 15) is 4.79 Å². The van der Waals surface area contributed by atoms with E-state index in [4.69, 9.17) is 0 Å². The van der Waals surface area contributed by atoms with E-state index >= 15 is 0 Å². The topological polar surface area (TPSA) is 45.6 Å². The van der Waals surface area contributed by atoms with Gasteiger partial charge in [-0.3, -0.25) is 14.8 Å². The Hall–Kier alpha value is -2.49. The monoisotopic (exact) mass is 253 g/mol. The third-order valence-electron chi connectivity index (χ3n) is 2.62. The first kappa shape index (κ1) is 13.0. The lowest BCUT2D eigenvalue weighted by Crippen LogP contribution is -2.20. The number of ketones is 1. The summed E-state index contributed by atoms with van der Waals surface area (Å²) in [5.74, 6) is -0.110. The Morgan fingerprint density at radius 1 is 1.11 bits per heavy atom. The van der Waals surface area contributed by atoms with E-state index in [1.54, 1.807) is 24.3 Å². The van der Waals surface area contributed by atoms with Crippen molar-refractivity contribution in [3.63, 3.8) is 0 Å². The van der Waals surface area contributed by atoms with Gasteiger partial charge in [-0.05, 0) is 24.3 Å². The number of carbonyl (C=O) groups excluding carboxylic acids is 1. The molecule has 1 aromatic heterocycles. The molecule has 0 bridgehead atoms. The Morgan fingerprint density at radius 3 is 2.37 bits per heavy atom. The van der Waals surface area contributed by atoms with Crippen molar-refractivity contribution < 1.29 is 4.79 Å². The molecule has 4 heteroatoms. The Balaban J connectivity index is 2.35. The van der Waals surface area contributed by atoms with Crippen LogP contribution in [0.1, 0.15) is 12.6 Å². The van der Waals surface area contributed by atoms with Crippen molar-refractivity contribution in [2.75, 3.05) is 12.1 Å². The Labute approximate surface area is 112 Å². The van der Waals surface area contributed by atoms with Crippen LogP contribution >= 0.6 is 0 Å². The number of Topliss-reactive ketones (excluding diaryl/α,β-unsaturated/α-hetero) is 1. The number of para-hydroxylation sites is 1. The fourth-order valence-corrected chi connectivity index (χ4v) is 1.66. The minimum absolute atomic E-state index is 0.110. The predicted molar refractivity (Wildman–Crippen MR) is 76.3 cm³/mol. The van der Waals surface area contributed by atoms with Crippen LogP contribution in [0, 0.1) is 0 Å². The van der Waals surface area contributed by atoms with E-state index in [1.165, 1.54) is 6.92 Å². The number of hydrazone groups is 1. The molecule has 19 heavy (non-hydrogen) atoms. The zero-order valence-electron chi connectivity index (χ0n) is 10.9. The number of aromatic nitrogens is 1. The van der Waals surface area contributed by atoms with E-state index in [1.807, 2.05) is 42.5 Å². The van der Waals surface area contributed by atoms with Gasteiger partial charge in [-0.15, -0.1) is 0 Å².